The third-order valence-corrected chi connectivity index (χ3v) is 3.50. The van der Waals surface area contributed by atoms with Gasteiger partial charge in [-0.25, -0.2) is 0 Å². The highest BCUT2D eigenvalue weighted by Gasteiger charge is 2.55. The number of rotatable bonds is 3. The van der Waals surface area contributed by atoms with Gasteiger partial charge in [0.25, 0.3) is 0 Å². The van der Waals surface area contributed by atoms with Crippen LogP contribution in [-0.4, -0.2) is 28.2 Å². The van der Waals surface area contributed by atoms with Crippen LogP contribution in [0.4, 0.5) is 0 Å². The summed E-state index contributed by atoms with van der Waals surface area (Å²) >= 11 is 0. The molecule has 2 aliphatic rings. The zero-order valence-electron chi connectivity index (χ0n) is 12.1. The second-order valence-electron chi connectivity index (χ2n) is 4.83. The Kier molecular flexibility index (Phi) is 2.96. The summed E-state index contributed by atoms with van der Waals surface area (Å²) in [6, 6.07) is 10.7. The third kappa shape index (κ3) is 2.07. The maximum Gasteiger partial charge on any atom is 0.658 e. The van der Waals surface area contributed by atoms with Crippen LogP contribution >= 0.6 is 0 Å². The van der Waals surface area contributed by atoms with E-state index in [1.54, 1.807) is 50.6 Å². The Balaban J connectivity index is 1.51. The Morgan fingerprint density at radius 1 is 0.636 bits per heavy atom. The molecular weight excluding hydrogens is 286 g/mol. The summed E-state index contributed by atoms with van der Waals surface area (Å²) in [6.45, 7) is 0. The van der Waals surface area contributed by atoms with Crippen molar-refractivity contribution in [2.24, 2.45) is 0 Å². The molecule has 0 amide bonds. The number of hydrogen-bond donors (Lipinski definition) is 0. The highest BCUT2D eigenvalue weighted by molar-refractivity contribution is 7.12. The summed E-state index contributed by atoms with van der Waals surface area (Å²) in [5, 5.41) is 0. The molecule has 0 N–H and O–H groups in total. The lowest BCUT2D eigenvalue weighted by molar-refractivity contribution is 0.412. The maximum absolute atomic E-state index is 5.74. The van der Waals surface area contributed by atoms with E-state index in [4.69, 9.17) is 28.1 Å². The van der Waals surface area contributed by atoms with Crippen molar-refractivity contribution in [3.05, 3.63) is 36.4 Å². The largest absolute Gasteiger partial charge is 0.658 e. The molecule has 2 aliphatic heterocycles. The topological polar surface area (TPSA) is 55.4 Å². The molecule has 22 heavy (non-hydrogen) atoms. The summed E-state index contributed by atoms with van der Waals surface area (Å²) in [4.78, 5) is 0. The van der Waals surface area contributed by atoms with Gasteiger partial charge < -0.3 is 28.1 Å². The molecular formula is C14H12B2O6. The first kappa shape index (κ1) is 13.1. The van der Waals surface area contributed by atoms with Crippen molar-refractivity contribution in [1.29, 1.82) is 0 Å². The Bertz CT molecular complexity index is 661. The first-order valence-corrected chi connectivity index (χ1v) is 6.79. The average molecular weight is 298 g/mol. The van der Waals surface area contributed by atoms with Crippen molar-refractivity contribution in [2.45, 2.75) is 0 Å². The van der Waals surface area contributed by atoms with E-state index in [2.05, 4.69) is 0 Å². The molecule has 0 saturated heterocycles. The van der Waals surface area contributed by atoms with Crippen LogP contribution in [0.25, 0.3) is 0 Å². The first-order chi connectivity index (χ1) is 10.8. The molecule has 110 valence electrons. The van der Waals surface area contributed by atoms with E-state index in [9.17, 15) is 0 Å². The summed E-state index contributed by atoms with van der Waals surface area (Å²) in [7, 11) is 1.84. The molecule has 0 aliphatic carbocycles. The van der Waals surface area contributed by atoms with E-state index in [1.165, 1.54) is 0 Å². The number of methoxy groups -OCH3 is 2. The van der Waals surface area contributed by atoms with Crippen molar-refractivity contribution < 1.29 is 28.1 Å². The van der Waals surface area contributed by atoms with Gasteiger partial charge in [0, 0.05) is 12.1 Å². The SMILES string of the molecule is COc1ccc2c(c1)OB(B1Oc3ccc(OC)cc3O1)O2. The van der Waals surface area contributed by atoms with E-state index in [-0.39, 0.29) is 0 Å². The van der Waals surface area contributed by atoms with Crippen LogP contribution in [-0.2, 0) is 0 Å². The zero-order valence-corrected chi connectivity index (χ0v) is 12.1. The molecule has 0 atom stereocenters. The van der Waals surface area contributed by atoms with Crippen molar-refractivity contribution in [3.63, 3.8) is 0 Å². The van der Waals surface area contributed by atoms with Crippen LogP contribution in [0.5, 0.6) is 34.5 Å². The Hall–Kier alpha value is -2.63. The third-order valence-electron chi connectivity index (χ3n) is 3.50. The highest BCUT2D eigenvalue weighted by Crippen LogP contribution is 2.41. The van der Waals surface area contributed by atoms with Crippen LogP contribution < -0.4 is 28.1 Å². The van der Waals surface area contributed by atoms with Gasteiger partial charge in [-0.2, -0.15) is 0 Å². The average Bonchev–Trinajstić information content (AvgIpc) is 3.16. The zero-order chi connectivity index (χ0) is 15.1. The maximum atomic E-state index is 5.74. The summed E-state index contributed by atoms with van der Waals surface area (Å²) in [5.74, 6) is 3.86. The van der Waals surface area contributed by atoms with Gasteiger partial charge in [0.15, 0.2) is 0 Å². The van der Waals surface area contributed by atoms with Gasteiger partial charge >= 0.3 is 14.0 Å². The molecule has 0 aromatic heterocycles. The second kappa shape index (κ2) is 4.98. The monoisotopic (exact) mass is 298 g/mol. The quantitative estimate of drug-likeness (QED) is 0.808. The summed E-state index contributed by atoms with van der Waals surface area (Å²) < 4.78 is 33.2. The van der Waals surface area contributed by atoms with Crippen LogP contribution in [0, 0.1) is 0 Å². The normalized spacial score (nSPS) is 14.3. The molecule has 0 unspecified atom stereocenters. The number of ether oxygens (including phenoxy) is 2. The Morgan fingerprint density at radius 3 is 1.45 bits per heavy atom. The van der Waals surface area contributed by atoms with E-state index in [1.807, 2.05) is 0 Å². The van der Waals surface area contributed by atoms with Crippen LogP contribution in [0.2, 0.25) is 0 Å². The molecule has 0 saturated carbocycles. The summed E-state index contributed by atoms with van der Waals surface area (Å²) in [5.41, 5.74) is 0. The second-order valence-corrected chi connectivity index (χ2v) is 4.83. The molecule has 0 bridgehead atoms. The predicted octanol–water partition coefficient (Wildman–Crippen LogP) is 2.00. The predicted molar refractivity (Wildman–Crippen MR) is 80.0 cm³/mol. The number of hydrogen-bond acceptors (Lipinski definition) is 6. The number of benzene rings is 2. The van der Waals surface area contributed by atoms with Gasteiger partial charge in [0.05, 0.1) is 14.2 Å². The number of fused-ring (bicyclic) bond motifs is 2. The Labute approximate surface area is 128 Å². The molecule has 0 fully saturated rings. The van der Waals surface area contributed by atoms with Crippen LogP contribution in [0.15, 0.2) is 36.4 Å². The van der Waals surface area contributed by atoms with Crippen LogP contribution in [0.3, 0.4) is 0 Å². The van der Waals surface area contributed by atoms with Gasteiger partial charge in [-0.1, -0.05) is 0 Å². The molecule has 2 aromatic rings. The standard InChI is InChI=1S/C14H12B2O6/c1-17-9-3-5-11-13(7-9)21-15(19-11)16-20-12-6-4-10(18-2)8-14(12)22-16/h3-8H,1-2H3. The summed E-state index contributed by atoms with van der Waals surface area (Å²) in [6.07, 6.45) is 0. The van der Waals surface area contributed by atoms with Gasteiger partial charge in [-0.05, 0) is 24.3 Å². The molecule has 2 heterocycles. The van der Waals surface area contributed by atoms with E-state index in [0.29, 0.717) is 34.5 Å². The van der Waals surface area contributed by atoms with E-state index < -0.39 is 14.0 Å². The smallest absolute Gasteiger partial charge is 0.524 e. The van der Waals surface area contributed by atoms with E-state index >= 15 is 0 Å². The van der Waals surface area contributed by atoms with Gasteiger partial charge in [-0.15, -0.1) is 0 Å². The fraction of sp³-hybridized carbons (Fsp3) is 0.143. The minimum absolute atomic E-state index is 0.602. The molecule has 8 heteroatoms. The van der Waals surface area contributed by atoms with E-state index in [0.717, 1.165) is 0 Å². The van der Waals surface area contributed by atoms with Gasteiger partial charge in [-0.3, -0.25) is 0 Å². The van der Waals surface area contributed by atoms with Crippen molar-refractivity contribution in [3.8, 4) is 34.5 Å². The first-order valence-electron chi connectivity index (χ1n) is 6.79. The fourth-order valence-corrected chi connectivity index (χ4v) is 2.38. The van der Waals surface area contributed by atoms with Gasteiger partial charge in [0.1, 0.15) is 34.5 Å². The fourth-order valence-electron chi connectivity index (χ4n) is 2.38. The minimum atomic E-state index is -0.680. The lowest BCUT2D eigenvalue weighted by Gasteiger charge is -2.06. The van der Waals surface area contributed by atoms with Crippen LogP contribution in [0.1, 0.15) is 0 Å². The minimum Gasteiger partial charge on any atom is -0.524 e. The van der Waals surface area contributed by atoms with Crippen molar-refractivity contribution >= 4 is 14.0 Å². The lowest BCUT2D eigenvalue weighted by atomic mass is 9.49. The molecule has 4 rings (SSSR count). The lowest BCUT2D eigenvalue weighted by Crippen LogP contribution is -2.49. The highest BCUT2D eigenvalue weighted by atomic mass is 16.7. The van der Waals surface area contributed by atoms with Gasteiger partial charge in [0.2, 0.25) is 0 Å². The molecule has 0 radical (unpaired) electrons. The molecule has 6 nitrogen and oxygen atoms in total. The Morgan fingerprint density at radius 2 is 1.05 bits per heavy atom. The van der Waals surface area contributed by atoms with Crippen molar-refractivity contribution in [1.82, 2.24) is 0 Å². The molecule has 0 spiro atoms. The van der Waals surface area contributed by atoms with Crippen molar-refractivity contribution in [2.75, 3.05) is 14.2 Å². The molecule has 2 aromatic carbocycles.